The van der Waals surface area contributed by atoms with Gasteiger partial charge in [0, 0.05) is 68.1 Å². The summed E-state index contributed by atoms with van der Waals surface area (Å²) in [4.78, 5) is 4.49. The normalized spacial score (nSPS) is 17.2. The van der Waals surface area contributed by atoms with E-state index in [-0.39, 0.29) is 5.82 Å². The van der Waals surface area contributed by atoms with Crippen molar-refractivity contribution in [3.05, 3.63) is 71.1 Å². The molecule has 148 valence electrons. The molecule has 1 atom stereocenters. The molecular formula is C22H25ClFN3O. The van der Waals surface area contributed by atoms with Gasteiger partial charge in [0.2, 0.25) is 0 Å². The van der Waals surface area contributed by atoms with Crippen LogP contribution in [0.15, 0.2) is 54.7 Å². The van der Waals surface area contributed by atoms with Crippen LogP contribution in [-0.2, 0) is 13.1 Å². The molecule has 4 rings (SSSR count). The van der Waals surface area contributed by atoms with Gasteiger partial charge in [0.15, 0.2) is 0 Å². The minimum absolute atomic E-state index is 0.246. The first-order valence-electron chi connectivity index (χ1n) is 9.69. The number of hydrogen-bond acceptors (Lipinski definition) is 3. The molecule has 1 N–H and O–H groups in total. The van der Waals surface area contributed by atoms with Gasteiger partial charge in [-0.25, -0.2) is 4.39 Å². The molecule has 2 aromatic carbocycles. The average Bonchev–Trinajstić information content (AvgIpc) is 3.09. The third-order valence-electron chi connectivity index (χ3n) is 5.46. The van der Waals surface area contributed by atoms with Gasteiger partial charge >= 0.3 is 0 Å². The van der Waals surface area contributed by atoms with Crippen LogP contribution in [-0.4, -0.2) is 58.3 Å². The number of aliphatic hydroxyl groups excluding tert-OH is 1. The summed E-state index contributed by atoms with van der Waals surface area (Å²) in [6.45, 7) is 5.13. The van der Waals surface area contributed by atoms with E-state index >= 15 is 0 Å². The van der Waals surface area contributed by atoms with Crippen LogP contribution in [0.3, 0.4) is 0 Å². The summed E-state index contributed by atoms with van der Waals surface area (Å²) in [5, 5.41) is 12.2. The minimum atomic E-state index is -0.427. The number of benzene rings is 2. The Morgan fingerprint density at radius 3 is 2.46 bits per heavy atom. The number of fused-ring (bicyclic) bond motifs is 1. The molecule has 6 heteroatoms. The summed E-state index contributed by atoms with van der Waals surface area (Å²) in [6.07, 6.45) is 1.60. The Hall–Kier alpha value is -1.92. The summed E-state index contributed by atoms with van der Waals surface area (Å²) in [7, 11) is 0. The zero-order valence-corrected chi connectivity index (χ0v) is 16.5. The molecule has 0 spiro atoms. The van der Waals surface area contributed by atoms with E-state index in [4.69, 9.17) is 11.6 Å². The van der Waals surface area contributed by atoms with Crippen molar-refractivity contribution in [2.24, 2.45) is 0 Å². The van der Waals surface area contributed by atoms with E-state index in [2.05, 4.69) is 32.6 Å². The van der Waals surface area contributed by atoms with E-state index in [9.17, 15) is 9.50 Å². The zero-order valence-electron chi connectivity index (χ0n) is 15.8. The predicted molar refractivity (Wildman–Crippen MR) is 111 cm³/mol. The molecule has 0 aliphatic carbocycles. The second kappa shape index (κ2) is 8.62. The van der Waals surface area contributed by atoms with Crippen LogP contribution in [0.2, 0.25) is 5.02 Å². The number of piperazine rings is 1. The summed E-state index contributed by atoms with van der Waals surface area (Å²) in [6, 6.07) is 15.1. The Morgan fingerprint density at radius 2 is 1.68 bits per heavy atom. The highest BCUT2D eigenvalue weighted by Gasteiger charge is 2.21. The van der Waals surface area contributed by atoms with Gasteiger partial charge in [-0.05, 0) is 29.7 Å². The monoisotopic (exact) mass is 401 g/mol. The van der Waals surface area contributed by atoms with E-state index in [0.717, 1.165) is 31.7 Å². The molecule has 2 heterocycles. The highest BCUT2D eigenvalue weighted by molar-refractivity contribution is 6.31. The Labute approximate surface area is 169 Å². The van der Waals surface area contributed by atoms with Gasteiger partial charge < -0.3 is 9.67 Å². The average molecular weight is 402 g/mol. The lowest BCUT2D eigenvalue weighted by atomic mass is 10.1. The number of rotatable bonds is 6. The van der Waals surface area contributed by atoms with Crippen LogP contribution >= 0.6 is 11.6 Å². The maximum atomic E-state index is 14.0. The molecule has 3 aromatic rings. The van der Waals surface area contributed by atoms with Crippen LogP contribution in [0.4, 0.5) is 4.39 Å². The van der Waals surface area contributed by atoms with E-state index in [1.54, 1.807) is 12.1 Å². The number of halogens is 2. The Balaban J connectivity index is 1.28. The zero-order chi connectivity index (χ0) is 19.5. The van der Waals surface area contributed by atoms with Crippen molar-refractivity contribution in [2.75, 3.05) is 32.7 Å². The fourth-order valence-electron chi connectivity index (χ4n) is 3.92. The van der Waals surface area contributed by atoms with Crippen LogP contribution in [0.1, 0.15) is 5.56 Å². The molecule has 1 aliphatic heterocycles. The molecule has 28 heavy (non-hydrogen) atoms. The Kier molecular flexibility index (Phi) is 5.97. The molecule has 1 aromatic heterocycles. The van der Waals surface area contributed by atoms with Crippen molar-refractivity contribution in [1.82, 2.24) is 14.4 Å². The first kappa shape index (κ1) is 19.4. The van der Waals surface area contributed by atoms with Gasteiger partial charge in [-0.1, -0.05) is 35.9 Å². The number of aromatic nitrogens is 1. The van der Waals surface area contributed by atoms with Crippen molar-refractivity contribution in [3.8, 4) is 0 Å². The Bertz CT molecular complexity index is 916. The second-order valence-corrected chi connectivity index (χ2v) is 7.86. The van der Waals surface area contributed by atoms with E-state index in [1.807, 2.05) is 18.3 Å². The van der Waals surface area contributed by atoms with Crippen molar-refractivity contribution in [1.29, 1.82) is 0 Å². The molecule has 1 fully saturated rings. The van der Waals surface area contributed by atoms with Crippen molar-refractivity contribution < 1.29 is 9.50 Å². The van der Waals surface area contributed by atoms with Crippen LogP contribution in [0, 0.1) is 5.82 Å². The fourth-order valence-corrected chi connectivity index (χ4v) is 4.14. The van der Waals surface area contributed by atoms with Crippen molar-refractivity contribution in [3.63, 3.8) is 0 Å². The van der Waals surface area contributed by atoms with Crippen LogP contribution in [0.25, 0.3) is 10.9 Å². The van der Waals surface area contributed by atoms with Crippen molar-refractivity contribution >= 4 is 22.5 Å². The largest absolute Gasteiger partial charge is 0.390 e. The molecule has 0 unspecified atom stereocenters. The second-order valence-electron chi connectivity index (χ2n) is 7.46. The molecule has 0 radical (unpaired) electrons. The maximum absolute atomic E-state index is 14.0. The predicted octanol–water partition coefficient (Wildman–Crippen LogP) is 3.61. The molecule has 0 saturated carbocycles. The third-order valence-corrected chi connectivity index (χ3v) is 5.82. The molecule has 1 aliphatic rings. The highest BCUT2D eigenvalue weighted by Crippen LogP contribution is 2.21. The van der Waals surface area contributed by atoms with Crippen LogP contribution in [0.5, 0.6) is 0 Å². The van der Waals surface area contributed by atoms with Gasteiger partial charge in [-0.2, -0.15) is 0 Å². The lowest BCUT2D eigenvalue weighted by Crippen LogP contribution is -2.48. The van der Waals surface area contributed by atoms with E-state index in [1.165, 1.54) is 11.5 Å². The molecule has 1 saturated heterocycles. The summed E-state index contributed by atoms with van der Waals surface area (Å²) in [5.74, 6) is -0.246. The summed E-state index contributed by atoms with van der Waals surface area (Å²) >= 11 is 6.14. The van der Waals surface area contributed by atoms with E-state index in [0.29, 0.717) is 30.2 Å². The standard InChI is InChI=1S/C22H25ClFN3O/c23-20-5-3-6-21(24)19(20)16-26-12-10-25(11-13-26)14-18(28)15-27-9-8-17-4-1-2-7-22(17)27/h1-9,18,28H,10-16H2/t18-/m1/s1. The van der Waals surface area contributed by atoms with Crippen molar-refractivity contribution in [2.45, 2.75) is 19.2 Å². The molecule has 0 bridgehead atoms. The minimum Gasteiger partial charge on any atom is -0.390 e. The third kappa shape index (κ3) is 4.39. The van der Waals surface area contributed by atoms with Gasteiger partial charge in [-0.15, -0.1) is 0 Å². The summed E-state index contributed by atoms with van der Waals surface area (Å²) in [5.41, 5.74) is 1.71. The lowest BCUT2D eigenvalue weighted by molar-refractivity contribution is 0.0626. The van der Waals surface area contributed by atoms with Gasteiger partial charge in [0.1, 0.15) is 5.82 Å². The first-order valence-corrected chi connectivity index (χ1v) is 10.1. The van der Waals surface area contributed by atoms with Gasteiger partial charge in [-0.3, -0.25) is 9.80 Å². The van der Waals surface area contributed by atoms with Gasteiger partial charge in [0.05, 0.1) is 6.10 Å². The molecular weight excluding hydrogens is 377 g/mol. The summed E-state index contributed by atoms with van der Waals surface area (Å²) < 4.78 is 16.1. The van der Waals surface area contributed by atoms with Gasteiger partial charge in [0.25, 0.3) is 0 Å². The number of β-amino-alcohol motifs (C(OH)–C–C–N with tert-alkyl or cyclic N) is 1. The fraction of sp³-hybridized carbons (Fsp3) is 0.364. The highest BCUT2D eigenvalue weighted by atomic mass is 35.5. The number of hydrogen-bond donors (Lipinski definition) is 1. The number of para-hydroxylation sites is 1. The topological polar surface area (TPSA) is 31.6 Å². The smallest absolute Gasteiger partial charge is 0.129 e. The van der Waals surface area contributed by atoms with Crippen LogP contribution < -0.4 is 0 Å². The molecule has 0 amide bonds. The lowest BCUT2D eigenvalue weighted by Gasteiger charge is -2.35. The number of nitrogens with zero attached hydrogens (tertiary/aromatic N) is 3. The Morgan fingerprint density at radius 1 is 0.929 bits per heavy atom. The molecule has 4 nitrogen and oxygen atoms in total. The maximum Gasteiger partial charge on any atom is 0.129 e. The quantitative estimate of drug-likeness (QED) is 0.684. The van der Waals surface area contributed by atoms with E-state index < -0.39 is 6.10 Å². The number of aliphatic hydroxyl groups is 1. The first-order chi connectivity index (χ1) is 13.6. The SMILES string of the molecule is O[C@H](CN1CCN(Cc2c(F)cccc2Cl)CC1)Cn1ccc2ccccc21.